The molecule has 6 heteroatoms. The summed E-state index contributed by atoms with van der Waals surface area (Å²) in [5.74, 6) is -0.456. The highest BCUT2D eigenvalue weighted by atomic mass is 32.2. The first-order valence-corrected chi connectivity index (χ1v) is 7.71. The normalized spacial score (nSPS) is 19.2. The fourth-order valence-electron chi connectivity index (χ4n) is 2.44. The highest BCUT2D eigenvalue weighted by Gasteiger charge is 2.46. The Kier molecular flexibility index (Phi) is 3.68. The Labute approximate surface area is 112 Å². The molecule has 0 aliphatic carbocycles. The first-order chi connectivity index (χ1) is 8.78. The summed E-state index contributed by atoms with van der Waals surface area (Å²) < 4.78 is 38.9. The summed E-state index contributed by atoms with van der Waals surface area (Å²) in [6.45, 7) is 3.73. The highest BCUT2D eigenvalue weighted by molar-refractivity contribution is 7.89. The molecule has 0 saturated carbocycles. The number of halogens is 1. The summed E-state index contributed by atoms with van der Waals surface area (Å²) in [6.07, 6.45) is 1.39. The largest absolute Gasteiger partial charge is 0.387 e. The highest BCUT2D eigenvalue weighted by Crippen LogP contribution is 2.32. The molecule has 1 N–H and O–H groups in total. The number of aryl methyl sites for hydroxylation is 1. The molecule has 2 rings (SSSR count). The Morgan fingerprint density at radius 2 is 2.05 bits per heavy atom. The van der Waals surface area contributed by atoms with Crippen LogP contribution >= 0.6 is 0 Å². The average molecular weight is 287 g/mol. The van der Waals surface area contributed by atoms with Crippen molar-refractivity contribution in [2.75, 3.05) is 13.1 Å². The molecular weight excluding hydrogens is 269 g/mol. The molecule has 1 aromatic carbocycles. The molecule has 0 radical (unpaired) electrons. The van der Waals surface area contributed by atoms with Crippen LogP contribution in [-0.2, 0) is 10.0 Å². The van der Waals surface area contributed by atoms with Crippen molar-refractivity contribution in [3.8, 4) is 0 Å². The average Bonchev–Trinajstić information content (AvgIpc) is 2.25. The van der Waals surface area contributed by atoms with Gasteiger partial charge < -0.3 is 5.11 Å². The van der Waals surface area contributed by atoms with E-state index in [0.717, 1.165) is 12.5 Å². The summed E-state index contributed by atoms with van der Waals surface area (Å²) in [5.41, 5.74) is -0.526. The van der Waals surface area contributed by atoms with Crippen LogP contribution in [0.3, 0.4) is 0 Å². The maximum atomic E-state index is 13.0. The van der Waals surface area contributed by atoms with Gasteiger partial charge in [-0.25, -0.2) is 12.8 Å². The molecule has 0 spiro atoms. The molecule has 1 saturated heterocycles. The van der Waals surface area contributed by atoms with E-state index in [1.165, 1.54) is 16.4 Å². The fraction of sp³-hybridized carbons (Fsp3) is 0.538. The predicted molar refractivity (Wildman–Crippen MR) is 69.8 cm³/mol. The molecule has 4 nitrogen and oxygen atoms in total. The lowest BCUT2D eigenvalue weighted by Crippen LogP contribution is -2.63. The molecule has 1 heterocycles. The smallest absolute Gasteiger partial charge is 0.243 e. The lowest BCUT2D eigenvalue weighted by molar-refractivity contribution is -0.0653. The Hall–Kier alpha value is -0.980. The van der Waals surface area contributed by atoms with E-state index >= 15 is 0 Å². The first kappa shape index (κ1) is 14.4. The molecule has 1 fully saturated rings. The third kappa shape index (κ3) is 2.66. The van der Waals surface area contributed by atoms with Crippen LogP contribution in [0.25, 0.3) is 0 Å². The van der Waals surface area contributed by atoms with Crippen LogP contribution in [0.2, 0.25) is 0 Å². The van der Waals surface area contributed by atoms with Crippen LogP contribution in [0.5, 0.6) is 0 Å². The standard InChI is InChI=1S/C13H18FNO3S/c1-3-6-13(16)8-15(9-13)19(17,18)12-5-4-11(14)7-10(12)2/h4-5,7,16H,3,6,8-9H2,1-2H3. The lowest BCUT2D eigenvalue weighted by atomic mass is 9.92. The third-order valence-electron chi connectivity index (χ3n) is 3.41. The zero-order valence-corrected chi connectivity index (χ0v) is 11.9. The Morgan fingerprint density at radius 1 is 1.42 bits per heavy atom. The Bertz CT molecular complexity index is 580. The SMILES string of the molecule is CCCC1(O)CN(S(=O)(=O)c2ccc(F)cc2C)C1. The summed E-state index contributed by atoms with van der Waals surface area (Å²) in [5, 5.41) is 10.0. The van der Waals surface area contributed by atoms with Gasteiger partial charge in [0.2, 0.25) is 10.0 Å². The minimum absolute atomic E-state index is 0.104. The summed E-state index contributed by atoms with van der Waals surface area (Å²) >= 11 is 0. The van der Waals surface area contributed by atoms with Crippen LogP contribution in [0.1, 0.15) is 25.3 Å². The van der Waals surface area contributed by atoms with Gasteiger partial charge in [0.05, 0.1) is 10.5 Å². The van der Waals surface area contributed by atoms with Gasteiger partial charge in [0.1, 0.15) is 5.82 Å². The molecule has 19 heavy (non-hydrogen) atoms. The lowest BCUT2D eigenvalue weighted by Gasteiger charge is -2.45. The number of hydrogen-bond acceptors (Lipinski definition) is 3. The van der Waals surface area contributed by atoms with Gasteiger partial charge in [0, 0.05) is 13.1 Å². The van der Waals surface area contributed by atoms with Crippen molar-refractivity contribution in [1.82, 2.24) is 4.31 Å². The minimum Gasteiger partial charge on any atom is -0.387 e. The fourth-order valence-corrected chi connectivity index (χ4v) is 4.25. The molecule has 0 amide bonds. The number of aliphatic hydroxyl groups is 1. The van der Waals surface area contributed by atoms with Crippen LogP contribution in [0.4, 0.5) is 4.39 Å². The first-order valence-electron chi connectivity index (χ1n) is 6.27. The molecule has 0 bridgehead atoms. The van der Waals surface area contributed by atoms with Gasteiger partial charge in [-0.05, 0) is 37.1 Å². The van der Waals surface area contributed by atoms with Crippen LogP contribution in [-0.4, -0.2) is 36.5 Å². The van der Waals surface area contributed by atoms with E-state index in [-0.39, 0.29) is 18.0 Å². The Balaban J connectivity index is 2.21. The number of benzene rings is 1. The van der Waals surface area contributed by atoms with Crippen LogP contribution in [0.15, 0.2) is 23.1 Å². The maximum Gasteiger partial charge on any atom is 0.243 e. The number of rotatable bonds is 4. The zero-order valence-electron chi connectivity index (χ0n) is 11.1. The number of hydrogen-bond donors (Lipinski definition) is 1. The van der Waals surface area contributed by atoms with Gasteiger partial charge in [0.15, 0.2) is 0 Å². The molecule has 0 atom stereocenters. The second kappa shape index (κ2) is 4.85. The van der Waals surface area contributed by atoms with Crippen molar-refractivity contribution in [2.24, 2.45) is 0 Å². The van der Waals surface area contributed by atoms with Gasteiger partial charge in [0.25, 0.3) is 0 Å². The van der Waals surface area contributed by atoms with Gasteiger partial charge in [-0.2, -0.15) is 4.31 Å². The number of sulfonamides is 1. The second-order valence-electron chi connectivity index (χ2n) is 5.16. The van der Waals surface area contributed by atoms with Gasteiger partial charge >= 0.3 is 0 Å². The van der Waals surface area contributed by atoms with E-state index < -0.39 is 21.4 Å². The summed E-state index contributed by atoms with van der Waals surface area (Å²) in [7, 11) is -3.63. The third-order valence-corrected chi connectivity index (χ3v) is 5.36. The van der Waals surface area contributed by atoms with E-state index in [1.807, 2.05) is 6.92 Å². The molecular formula is C13H18FNO3S. The van der Waals surface area contributed by atoms with Crippen molar-refractivity contribution < 1.29 is 17.9 Å². The maximum absolute atomic E-state index is 13.0. The van der Waals surface area contributed by atoms with Gasteiger partial charge in [-0.3, -0.25) is 0 Å². The van der Waals surface area contributed by atoms with Crippen molar-refractivity contribution in [2.45, 2.75) is 37.2 Å². The summed E-state index contributed by atoms with van der Waals surface area (Å²) in [6, 6.07) is 3.61. The van der Waals surface area contributed by atoms with Crippen molar-refractivity contribution in [3.05, 3.63) is 29.6 Å². The van der Waals surface area contributed by atoms with Crippen molar-refractivity contribution in [3.63, 3.8) is 0 Å². The topological polar surface area (TPSA) is 57.6 Å². The second-order valence-corrected chi connectivity index (χ2v) is 7.06. The van der Waals surface area contributed by atoms with E-state index in [1.54, 1.807) is 6.92 Å². The molecule has 0 aromatic heterocycles. The van der Waals surface area contributed by atoms with E-state index in [9.17, 15) is 17.9 Å². The van der Waals surface area contributed by atoms with E-state index in [4.69, 9.17) is 0 Å². The van der Waals surface area contributed by atoms with E-state index in [0.29, 0.717) is 12.0 Å². The molecule has 1 aromatic rings. The number of nitrogens with zero attached hydrogens (tertiary/aromatic N) is 1. The zero-order chi connectivity index (χ0) is 14.3. The summed E-state index contributed by atoms with van der Waals surface area (Å²) in [4.78, 5) is 0.104. The van der Waals surface area contributed by atoms with Crippen molar-refractivity contribution in [1.29, 1.82) is 0 Å². The molecule has 1 aliphatic rings. The molecule has 1 aliphatic heterocycles. The molecule has 106 valence electrons. The van der Waals surface area contributed by atoms with Gasteiger partial charge in [-0.15, -0.1) is 0 Å². The predicted octanol–water partition coefficient (Wildman–Crippen LogP) is 1.67. The van der Waals surface area contributed by atoms with E-state index in [2.05, 4.69) is 0 Å². The number of β-amino-alcohol motifs (C(OH)–C–C–N with tert-alkyl or cyclic N) is 1. The minimum atomic E-state index is -3.63. The molecule has 0 unspecified atom stereocenters. The Morgan fingerprint density at radius 3 is 2.58 bits per heavy atom. The van der Waals surface area contributed by atoms with Crippen molar-refractivity contribution >= 4 is 10.0 Å². The van der Waals surface area contributed by atoms with Gasteiger partial charge in [-0.1, -0.05) is 13.3 Å². The van der Waals surface area contributed by atoms with Crippen LogP contribution < -0.4 is 0 Å². The van der Waals surface area contributed by atoms with Crippen LogP contribution in [0, 0.1) is 12.7 Å². The quantitative estimate of drug-likeness (QED) is 0.916. The monoisotopic (exact) mass is 287 g/mol.